The highest BCUT2D eigenvalue weighted by molar-refractivity contribution is 5.78. The Kier molecular flexibility index (Phi) is 10.4. The van der Waals surface area contributed by atoms with Crippen LogP contribution in [-0.2, 0) is 16.0 Å². The highest BCUT2D eigenvalue weighted by Gasteiger charge is 2.13. The van der Waals surface area contributed by atoms with Crippen LogP contribution >= 0.6 is 0 Å². The average molecular weight is 485 g/mol. The van der Waals surface area contributed by atoms with Crippen LogP contribution < -0.4 is 20.9 Å². The van der Waals surface area contributed by atoms with Crippen LogP contribution in [0.3, 0.4) is 0 Å². The Hall–Kier alpha value is -3.08. The van der Waals surface area contributed by atoms with Gasteiger partial charge in [0, 0.05) is 62.4 Å². The number of hydrogen-bond acceptors (Lipinski definition) is 9. The summed E-state index contributed by atoms with van der Waals surface area (Å²) in [4.78, 5) is 26.6. The quantitative estimate of drug-likeness (QED) is 0.314. The third-order valence-electron chi connectivity index (χ3n) is 5.21. The Morgan fingerprint density at radius 2 is 1.86 bits per heavy atom. The molecule has 0 radical (unpaired) electrons. The molecular formula is C25H36N6O4. The van der Waals surface area contributed by atoms with Crippen molar-refractivity contribution in [2.75, 3.05) is 51.9 Å². The Morgan fingerprint density at radius 3 is 2.57 bits per heavy atom. The fourth-order valence-electron chi connectivity index (χ4n) is 3.45. The molecule has 0 saturated carbocycles. The Labute approximate surface area is 206 Å². The lowest BCUT2D eigenvalue weighted by atomic mass is 10.1. The van der Waals surface area contributed by atoms with E-state index < -0.39 is 0 Å². The minimum atomic E-state index is -0.201. The molecule has 3 aromatic heterocycles. The van der Waals surface area contributed by atoms with Gasteiger partial charge in [-0.2, -0.15) is 0 Å². The van der Waals surface area contributed by atoms with E-state index in [0.717, 1.165) is 24.1 Å². The zero-order chi connectivity index (χ0) is 25.0. The molecule has 0 atom stereocenters. The van der Waals surface area contributed by atoms with Gasteiger partial charge < -0.3 is 24.8 Å². The van der Waals surface area contributed by atoms with Gasteiger partial charge in [-0.25, -0.2) is 15.0 Å². The minimum Gasteiger partial charge on any atom is -0.481 e. The van der Waals surface area contributed by atoms with E-state index >= 15 is 0 Å². The van der Waals surface area contributed by atoms with Crippen molar-refractivity contribution in [3.05, 3.63) is 40.9 Å². The number of anilines is 1. The minimum absolute atomic E-state index is 0.201. The molecule has 0 unspecified atom stereocenters. The SMILES string of the molecule is CCCOCCn1c(=O)c(NCCNCCOC(C)C)nc2ncc(-c3ccc(OC)nc3)cc21. The molecule has 0 amide bonds. The Morgan fingerprint density at radius 1 is 1.03 bits per heavy atom. The van der Waals surface area contributed by atoms with Crippen LogP contribution in [0.2, 0.25) is 0 Å². The first kappa shape index (κ1) is 26.5. The summed E-state index contributed by atoms with van der Waals surface area (Å²) >= 11 is 0. The monoisotopic (exact) mass is 484 g/mol. The number of pyridine rings is 2. The van der Waals surface area contributed by atoms with Crippen LogP contribution in [-0.4, -0.2) is 72.2 Å². The van der Waals surface area contributed by atoms with Gasteiger partial charge in [0.2, 0.25) is 5.88 Å². The summed E-state index contributed by atoms with van der Waals surface area (Å²) in [7, 11) is 1.58. The second-order valence-corrected chi connectivity index (χ2v) is 8.28. The van der Waals surface area contributed by atoms with Crippen molar-refractivity contribution in [3.63, 3.8) is 0 Å². The Bertz CT molecular complexity index is 1120. The molecule has 10 heteroatoms. The lowest BCUT2D eigenvalue weighted by molar-refractivity contribution is 0.0811. The molecule has 3 aromatic rings. The third-order valence-corrected chi connectivity index (χ3v) is 5.21. The number of methoxy groups -OCH3 is 1. The molecule has 0 aromatic carbocycles. The topological polar surface area (TPSA) is 112 Å². The third kappa shape index (κ3) is 7.71. The van der Waals surface area contributed by atoms with E-state index in [1.54, 1.807) is 30.1 Å². The molecule has 0 saturated heterocycles. The van der Waals surface area contributed by atoms with Gasteiger partial charge in [-0.3, -0.25) is 9.36 Å². The number of ether oxygens (including phenoxy) is 3. The molecule has 35 heavy (non-hydrogen) atoms. The fraction of sp³-hybridized carbons (Fsp3) is 0.520. The van der Waals surface area contributed by atoms with Crippen LogP contribution in [0.1, 0.15) is 27.2 Å². The van der Waals surface area contributed by atoms with Crippen LogP contribution in [0, 0.1) is 0 Å². The van der Waals surface area contributed by atoms with Gasteiger partial charge in [0.05, 0.1) is 31.9 Å². The number of aromatic nitrogens is 4. The summed E-state index contributed by atoms with van der Waals surface area (Å²) in [5.74, 6) is 0.811. The van der Waals surface area contributed by atoms with E-state index in [-0.39, 0.29) is 17.5 Å². The molecular weight excluding hydrogens is 448 g/mol. The van der Waals surface area contributed by atoms with Crippen LogP contribution in [0.15, 0.2) is 35.4 Å². The maximum Gasteiger partial charge on any atom is 0.293 e. The van der Waals surface area contributed by atoms with E-state index in [1.165, 1.54) is 0 Å². The van der Waals surface area contributed by atoms with E-state index in [9.17, 15) is 4.79 Å². The molecule has 2 N–H and O–H groups in total. The fourth-order valence-corrected chi connectivity index (χ4v) is 3.45. The van der Waals surface area contributed by atoms with Gasteiger partial charge in [-0.05, 0) is 32.4 Å². The summed E-state index contributed by atoms with van der Waals surface area (Å²) in [6.07, 6.45) is 4.59. The molecule has 10 nitrogen and oxygen atoms in total. The molecule has 0 aliphatic heterocycles. The maximum atomic E-state index is 13.3. The number of hydrogen-bond donors (Lipinski definition) is 2. The second-order valence-electron chi connectivity index (χ2n) is 8.28. The molecule has 3 heterocycles. The molecule has 0 aliphatic rings. The van der Waals surface area contributed by atoms with Crippen LogP contribution in [0.25, 0.3) is 22.3 Å². The molecule has 0 fully saturated rings. The number of fused-ring (bicyclic) bond motifs is 1. The zero-order valence-electron chi connectivity index (χ0n) is 21.0. The smallest absolute Gasteiger partial charge is 0.293 e. The van der Waals surface area contributed by atoms with Gasteiger partial charge in [-0.1, -0.05) is 6.92 Å². The predicted octanol–water partition coefficient (Wildman–Crippen LogP) is 2.72. The predicted molar refractivity (Wildman–Crippen MR) is 137 cm³/mol. The summed E-state index contributed by atoms with van der Waals surface area (Å²) in [5, 5.41) is 6.44. The van der Waals surface area contributed by atoms with Crippen LogP contribution in [0.5, 0.6) is 5.88 Å². The summed E-state index contributed by atoms with van der Waals surface area (Å²) in [5.41, 5.74) is 2.65. The molecule has 0 bridgehead atoms. The lowest BCUT2D eigenvalue weighted by Crippen LogP contribution is -2.31. The number of nitrogens with one attached hydrogen (secondary N) is 2. The van der Waals surface area contributed by atoms with Crippen LogP contribution in [0.4, 0.5) is 5.82 Å². The molecule has 0 spiro atoms. The number of nitrogens with zero attached hydrogens (tertiary/aromatic N) is 4. The molecule has 0 aliphatic carbocycles. The van der Waals surface area contributed by atoms with Gasteiger partial charge in [0.1, 0.15) is 0 Å². The van der Waals surface area contributed by atoms with E-state index in [4.69, 9.17) is 14.2 Å². The number of rotatable bonds is 15. The van der Waals surface area contributed by atoms with Crippen molar-refractivity contribution in [3.8, 4) is 17.0 Å². The van der Waals surface area contributed by atoms with E-state index in [0.29, 0.717) is 56.5 Å². The average Bonchev–Trinajstić information content (AvgIpc) is 2.87. The summed E-state index contributed by atoms with van der Waals surface area (Å²) in [6.45, 7) is 10.2. The van der Waals surface area contributed by atoms with Gasteiger partial charge in [0.15, 0.2) is 11.5 Å². The largest absolute Gasteiger partial charge is 0.481 e. The normalized spacial score (nSPS) is 11.3. The van der Waals surface area contributed by atoms with E-state index in [2.05, 4.69) is 32.5 Å². The molecule has 190 valence electrons. The van der Waals surface area contributed by atoms with Gasteiger partial charge in [-0.15, -0.1) is 0 Å². The van der Waals surface area contributed by atoms with Crippen molar-refractivity contribution in [1.29, 1.82) is 0 Å². The maximum absolute atomic E-state index is 13.3. The van der Waals surface area contributed by atoms with Crippen molar-refractivity contribution in [2.24, 2.45) is 0 Å². The standard InChI is InChI=1S/C25H36N6O4/c1-5-12-34-14-11-31-21-15-20(19-6-7-22(33-4)28-16-19)17-29-23(21)30-24(25(31)32)27-9-8-26-10-13-35-18(2)3/h6-7,15-18,26H,5,8-14H2,1-4H3,(H,27,29,30). The summed E-state index contributed by atoms with van der Waals surface area (Å²) in [6, 6.07) is 5.61. The van der Waals surface area contributed by atoms with Crippen molar-refractivity contribution < 1.29 is 14.2 Å². The first-order valence-corrected chi connectivity index (χ1v) is 12.1. The zero-order valence-corrected chi connectivity index (χ0v) is 21.0. The summed E-state index contributed by atoms with van der Waals surface area (Å²) < 4.78 is 18.0. The highest BCUT2D eigenvalue weighted by Crippen LogP contribution is 2.23. The van der Waals surface area contributed by atoms with Gasteiger partial charge >= 0.3 is 0 Å². The second kappa shape index (κ2) is 13.7. The van der Waals surface area contributed by atoms with Gasteiger partial charge in [0.25, 0.3) is 5.56 Å². The van der Waals surface area contributed by atoms with Crippen molar-refractivity contribution >= 4 is 17.0 Å². The first-order valence-electron chi connectivity index (χ1n) is 12.1. The Balaban J connectivity index is 1.80. The molecule has 3 rings (SSSR count). The lowest BCUT2D eigenvalue weighted by Gasteiger charge is -2.14. The first-order chi connectivity index (χ1) is 17.0. The van der Waals surface area contributed by atoms with E-state index in [1.807, 2.05) is 26.0 Å². The highest BCUT2D eigenvalue weighted by atomic mass is 16.5. The van der Waals surface area contributed by atoms with Crippen molar-refractivity contribution in [2.45, 2.75) is 39.8 Å². The van der Waals surface area contributed by atoms with Crippen molar-refractivity contribution in [1.82, 2.24) is 24.8 Å².